The van der Waals surface area contributed by atoms with Crippen LogP contribution >= 0.6 is 0 Å². The molecule has 3 aliphatic heterocycles. The Morgan fingerprint density at radius 1 is 1.21 bits per heavy atom. The molecule has 0 aliphatic carbocycles. The van der Waals surface area contributed by atoms with E-state index in [9.17, 15) is 23.2 Å². The summed E-state index contributed by atoms with van der Waals surface area (Å²) in [5, 5.41) is 8.44. The van der Waals surface area contributed by atoms with Crippen LogP contribution in [0.2, 0.25) is 0 Å². The molecular formula is C20H24F2N4O3. The lowest BCUT2D eigenvalue weighted by atomic mass is 9.88. The van der Waals surface area contributed by atoms with Gasteiger partial charge in [0.2, 0.25) is 11.8 Å². The number of alkyl halides is 2. The third kappa shape index (κ3) is 3.64. The van der Waals surface area contributed by atoms with Crippen molar-refractivity contribution in [2.75, 3.05) is 13.1 Å². The molecule has 9 heteroatoms. The maximum absolute atomic E-state index is 13.8. The average Bonchev–Trinajstić information content (AvgIpc) is 3.04. The van der Waals surface area contributed by atoms with Crippen molar-refractivity contribution in [1.82, 2.24) is 20.9 Å². The fraction of sp³-hybridized carbons (Fsp3) is 0.550. The van der Waals surface area contributed by atoms with Gasteiger partial charge in [0.25, 0.3) is 12.3 Å². The average molecular weight is 406 g/mol. The number of halogens is 2. The van der Waals surface area contributed by atoms with Crippen molar-refractivity contribution in [3.05, 3.63) is 34.9 Å². The second kappa shape index (κ2) is 7.79. The molecule has 1 aromatic carbocycles. The summed E-state index contributed by atoms with van der Waals surface area (Å²) in [5.41, 5.74) is 0.794. The van der Waals surface area contributed by atoms with Gasteiger partial charge in [0.15, 0.2) is 0 Å². The van der Waals surface area contributed by atoms with Crippen LogP contribution in [0.25, 0.3) is 0 Å². The maximum Gasteiger partial charge on any atom is 0.256 e. The van der Waals surface area contributed by atoms with Crippen LogP contribution in [0.3, 0.4) is 0 Å². The Morgan fingerprint density at radius 2 is 1.97 bits per heavy atom. The van der Waals surface area contributed by atoms with Gasteiger partial charge in [-0.3, -0.25) is 19.7 Å². The van der Waals surface area contributed by atoms with Crippen molar-refractivity contribution in [3.63, 3.8) is 0 Å². The zero-order valence-corrected chi connectivity index (χ0v) is 16.0. The lowest BCUT2D eigenvalue weighted by Gasteiger charge is -2.38. The first-order valence-electron chi connectivity index (χ1n) is 9.90. The molecule has 156 valence electrons. The lowest BCUT2D eigenvalue weighted by molar-refractivity contribution is -0.136. The van der Waals surface area contributed by atoms with E-state index in [1.807, 2.05) is 6.07 Å². The van der Waals surface area contributed by atoms with Crippen LogP contribution in [-0.2, 0) is 22.7 Å². The third-order valence-electron chi connectivity index (χ3n) is 6.22. The first-order valence-corrected chi connectivity index (χ1v) is 9.90. The minimum Gasteiger partial charge on any atom is -0.322 e. The van der Waals surface area contributed by atoms with E-state index >= 15 is 0 Å². The third-order valence-corrected chi connectivity index (χ3v) is 6.22. The van der Waals surface area contributed by atoms with Crippen molar-refractivity contribution in [2.24, 2.45) is 0 Å². The zero-order valence-electron chi connectivity index (χ0n) is 16.0. The van der Waals surface area contributed by atoms with Crippen LogP contribution in [0.15, 0.2) is 18.2 Å². The van der Waals surface area contributed by atoms with Gasteiger partial charge >= 0.3 is 0 Å². The highest BCUT2D eigenvalue weighted by molar-refractivity contribution is 6.05. The maximum atomic E-state index is 13.8. The standard InChI is InChI=1S/C20H24F2N4O3/c21-19(22)20(6-8-23-9-7-20)24-10-12-2-1-3-13-14(12)11-26(18(13)29)15-4-5-16(27)25-17(15)28/h1-3,15,19,23-24H,4-11H2,(H,25,27,28). The second-order valence-electron chi connectivity index (χ2n) is 7.90. The topological polar surface area (TPSA) is 90.5 Å². The van der Waals surface area contributed by atoms with Crippen molar-refractivity contribution >= 4 is 17.7 Å². The molecule has 1 aromatic rings. The number of amides is 3. The van der Waals surface area contributed by atoms with Crippen LogP contribution in [0.4, 0.5) is 8.78 Å². The van der Waals surface area contributed by atoms with Gasteiger partial charge < -0.3 is 15.5 Å². The Labute approximate surface area is 167 Å². The van der Waals surface area contributed by atoms with Gasteiger partial charge in [0.1, 0.15) is 6.04 Å². The van der Waals surface area contributed by atoms with Crippen LogP contribution in [0.1, 0.15) is 47.2 Å². The van der Waals surface area contributed by atoms with Crippen molar-refractivity contribution < 1.29 is 23.2 Å². The van der Waals surface area contributed by atoms with Gasteiger partial charge in [-0.2, -0.15) is 0 Å². The predicted octanol–water partition coefficient (Wildman–Crippen LogP) is 0.924. The number of nitrogens with one attached hydrogen (secondary N) is 3. The zero-order chi connectivity index (χ0) is 20.6. The first kappa shape index (κ1) is 19.9. The Bertz CT molecular complexity index is 839. The summed E-state index contributed by atoms with van der Waals surface area (Å²) >= 11 is 0. The van der Waals surface area contributed by atoms with Gasteiger partial charge in [0, 0.05) is 25.1 Å². The van der Waals surface area contributed by atoms with Gasteiger partial charge in [0.05, 0.1) is 5.54 Å². The van der Waals surface area contributed by atoms with Gasteiger partial charge in [-0.05, 0) is 49.5 Å². The summed E-state index contributed by atoms with van der Waals surface area (Å²) in [5.74, 6) is -1.06. The van der Waals surface area contributed by atoms with E-state index in [4.69, 9.17) is 0 Å². The molecule has 29 heavy (non-hydrogen) atoms. The number of piperidine rings is 2. The molecule has 3 N–H and O–H groups in total. The van der Waals surface area contributed by atoms with Crippen LogP contribution in [0, 0.1) is 0 Å². The fourth-order valence-electron chi connectivity index (χ4n) is 4.43. The number of carbonyl (C=O) groups excluding carboxylic acids is 3. The van der Waals surface area contributed by atoms with Crippen molar-refractivity contribution in [2.45, 2.75) is 56.8 Å². The SMILES string of the molecule is O=C1CCC(N2Cc3c(CNC4(C(F)F)CCNCC4)cccc3C2=O)C(=O)N1. The van der Waals surface area contributed by atoms with E-state index in [-0.39, 0.29) is 31.3 Å². The van der Waals surface area contributed by atoms with Gasteiger partial charge in [-0.1, -0.05) is 12.1 Å². The normalized spacial score (nSPS) is 24.0. The van der Waals surface area contributed by atoms with Gasteiger partial charge in [-0.15, -0.1) is 0 Å². The first-order chi connectivity index (χ1) is 13.9. The van der Waals surface area contributed by atoms with E-state index in [1.54, 1.807) is 12.1 Å². The molecule has 2 saturated heterocycles. The monoisotopic (exact) mass is 406 g/mol. The molecule has 3 amide bonds. The molecule has 0 aromatic heterocycles. The Balaban J connectivity index is 1.52. The summed E-state index contributed by atoms with van der Waals surface area (Å²) in [7, 11) is 0. The molecular weight excluding hydrogens is 382 g/mol. The molecule has 3 heterocycles. The molecule has 1 unspecified atom stereocenters. The second-order valence-corrected chi connectivity index (χ2v) is 7.90. The summed E-state index contributed by atoms with van der Waals surface area (Å²) in [6.07, 6.45) is -1.33. The molecule has 7 nitrogen and oxygen atoms in total. The largest absolute Gasteiger partial charge is 0.322 e. The molecule has 2 fully saturated rings. The summed E-state index contributed by atoms with van der Waals surface area (Å²) < 4.78 is 27.5. The fourth-order valence-corrected chi connectivity index (χ4v) is 4.43. The van der Waals surface area contributed by atoms with E-state index in [2.05, 4.69) is 16.0 Å². The highest BCUT2D eigenvalue weighted by Gasteiger charge is 2.42. The number of carbonyl (C=O) groups is 3. The number of fused-ring (bicyclic) bond motifs is 1. The van der Waals surface area contributed by atoms with E-state index in [0.29, 0.717) is 37.9 Å². The summed E-state index contributed by atoms with van der Waals surface area (Å²) in [4.78, 5) is 37.9. The van der Waals surface area contributed by atoms with E-state index in [1.165, 1.54) is 4.90 Å². The number of rotatable bonds is 5. The number of imide groups is 1. The van der Waals surface area contributed by atoms with E-state index in [0.717, 1.165) is 11.1 Å². The summed E-state index contributed by atoms with van der Waals surface area (Å²) in [6, 6.07) is 4.57. The number of hydrogen-bond donors (Lipinski definition) is 3. The molecule has 0 radical (unpaired) electrons. The number of hydrogen-bond acceptors (Lipinski definition) is 5. The highest BCUT2D eigenvalue weighted by Crippen LogP contribution is 2.31. The van der Waals surface area contributed by atoms with Crippen molar-refractivity contribution in [3.8, 4) is 0 Å². The van der Waals surface area contributed by atoms with Crippen LogP contribution < -0.4 is 16.0 Å². The molecule has 0 spiro atoms. The number of nitrogens with zero attached hydrogens (tertiary/aromatic N) is 1. The smallest absolute Gasteiger partial charge is 0.256 e. The van der Waals surface area contributed by atoms with E-state index < -0.39 is 23.9 Å². The molecule has 4 rings (SSSR count). The highest BCUT2D eigenvalue weighted by atomic mass is 19.3. The van der Waals surface area contributed by atoms with Crippen molar-refractivity contribution in [1.29, 1.82) is 0 Å². The Kier molecular flexibility index (Phi) is 5.35. The lowest BCUT2D eigenvalue weighted by Crippen LogP contribution is -2.56. The predicted molar refractivity (Wildman–Crippen MR) is 100 cm³/mol. The molecule has 0 bridgehead atoms. The minimum absolute atomic E-state index is 0.190. The van der Waals surface area contributed by atoms with Crippen LogP contribution in [-0.4, -0.2) is 53.7 Å². The molecule has 3 aliphatic rings. The molecule has 0 saturated carbocycles. The minimum atomic E-state index is -2.48. The quantitative estimate of drug-likeness (QED) is 0.633. The summed E-state index contributed by atoms with van der Waals surface area (Å²) in [6.45, 7) is 1.53. The van der Waals surface area contributed by atoms with Crippen LogP contribution in [0.5, 0.6) is 0 Å². The molecule has 1 atom stereocenters. The van der Waals surface area contributed by atoms with Gasteiger partial charge in [-0.25, -0.2) is 8.78 Å². The number of benzene rings is 1. The Hall–Kier alpha value is -2.39. The Morgan fingerprint density at radius 3 is 2.66 bits per heavy atom.